The van der Waals surface area contributed by atoms with Gasteiger partial charge in [0.15, 0.2) is 0 Å². The Morgan fingerprint density at radius 3 is 2.12 bits per heavy atom. The van der Waals surface area contributed by atoms with Gasteiger partial charge in [0.25, 0.3) is 0 Å². The summed E-state index contributed by atoms with van der Waals surface area (Å²) in [6.07, 6.45) is 2.07. The molecule has 0 radical (unpaired) electrons. The van der Waals surface area contributed by atoms with Crippen LogP contribution >= 0.6 is 0 Å². The maximum absolute atomic E-state index is 4.41. The van der Waals surface area contributed by atoms with E-state index in [9.17, 15) is 0 Å². The summed E-state index contributed by atoms with van der Waals surface area (Å²) in [4.78, 5) is 4.97. The zero-order valence-electron chi connectivity index (χ0n) is 16.5. The molecule has 3 rings (SSSR count). The lowest BCUT2D eigenvalue weighted by Gasteiger charge is -2.43. The van der Waals surface area contributed by atoms with E-state index in [1.165, 1.54) is 17.1 Å². The Kier molecular flexibility index (Phi) is 4.40. The number of aryl methyl sites for hydroxylation is 1. The van der Waals surface area contributed by atoms with Crippen molar-refractivity contribution in [2.45, 2.75) is 47.7 Å². The van der Waals surface area contributed by atoms with Gasteiger partial charge in [0.05, 0.1) is 6.20 Å². The maximum Gasteiger partial charge on any atom is 0.132 e. The molecule has 134 valence electrons. The normalized spacial score (nSPS) is 18.6. The van der Waals surface area contributed by atoms with Crippen molar-refractivity contribution in [2.24, 2.45) is 18.4 Å². The lowest BCUT2D eigenvalue weighted by atomic mass is 9.90. The van der Waals surface area contributed by atoms with Crippen molar-refractivity contribution < 1.29 is 0 Å². The number of para-hydroxylation sites is 1. The van der Waals surface area contributed by atoms with E-state index in [1.54, 1.807) is 0 Å². The fourth-order valence-electron chi connectivity index (χ4n) is 3.97. The number of hydrogen-bond donors (Lipinski definition) is 0. The minimum atomic E-state index is 0.0536. The van der Waals surface area contributed by atoms with Crippen LogP contribution in [0.4, 0.5) is 11.5 Å². The molecule has 0 bridgehead atoms. The van der Waals surface area contributed by atoms with Crippen molar-refractivity contribution in [1.29, 1.82) is 0 Å². The second-order valence-electron chi connectivity index (χ2n) is 8.25. The van der Waals surface area contributed by atoms with Crippen LogP contribution in [0.1, 0.15) is 41.5 Å². The van der Waals surface area contributed by atoms with E-state index in [4.69, 9.17) is 0 Å². The number of anilines is 2. The van der Waals surface area contributed by atoms with Crippen molar-refractivity contribution in [3.8, 4) is 0 Å². The first-order valence-electron chi connectivity index (χ1n) is 9.05. The zero-order valence-corrected chi connectivity index (χ0v) is 16.5. The molecule has 0 aliphatic carbocycles. The van der Waals surface area contributed by atoms with Crippen LogP contribution in [0.25, 0.3) is 0 Å². The van der Waals surface area contributed by atoms with Gasteiger partial charge >= 0.3 is 0 Å². The molecule has 0 spiro atoms. The highest BCUT2D eigenvalue weighted by Gasteiger charge is 2.45. The SMILES string of the molecule is CC1=C(C(C)C)N(c2ccccc2)C(C(C)(C)C)N1c1ccnn1C. The van der Waals surface area contributed by atoms with Crippen LogP contribution in [0.5, 0.6) is 0 Å². The van der Waals surface area contributed by atoms with Crippen LogP contribution in [0, 0.1) is 11.3 Å². The van der Waals surface area contributed by atoms with Crippen LogP contribution in [0.15, 0.2) is 54.0 Å². The molecule has 1 unspecified atom stereocenters. The van der Waals surface area contributed by atoms with Gasteiger partial charge in [-0.15, -0.1) is 0 Å². The lowest BCUT2D eigenvalue weighted by molar-refractivity contribution is 0.318. The van der Waals surface area contributed by atoms with E-state index in [0.29, 0.717) is 5.92 Å². The van der Waals surface area contributed by atoms with Gasteiger partial charge in [-0.2, -0.15) is 5.10 Å². The number of hydrogen-bond acceptors (Lipinski definition) is 3. The highest BCUT2D eigenvalue weighted by atomic mass is 15.5. The summed E-state index contributed by atoms with van der Waals surface area (Å²) in [5.41, 5.74) is 3.99. The van der Waals surface area contributed by atoms with Crippen molar-refractivity contribution >= 4 is 11.5 Å². The fourth-order valence-corrected chi connectivity index (χ4v) is 3.97. The molecule has 1 aliphatic rings. The van der Waals surface area contributed by atoms with Crippen LogP contribution < -0.4 is 9.80 Å². The standard InChI is InChI=1S/C21H30N4/c1-15(2)19-16(3)24(18-13-14-22-23(18)7)20(21(4,5)6)25(19)17-11-9-8-10-12-17/h8-15,20H,1-7H3. The van der Waals surface area contributed by atoms with Crippen molar-refractivity contribution in [3.63, 3.8) is 0 Å². The molecule has 1 aliphatic heterocycles. The number of aromatic nitrogens is 2. The van der Waals surface area contributed by atoms with Gasteiger partial charge in [0.1, 0.15) is 12.0 Å². The van der Waals surface area contributed by atoms with Crippen LogP contribution in [0.3, 0.4) is 0 Å². The largest absolute Gasteiger partial charge is 0.321 e. The van der Waals surface area contributed by atoms with E-state index >= 15 is 0 Å². The number of nitrogens with zero attached hydrogens (tertiary/aromatic N) is 4. The summed E-state index contributed by atoms with van der Waals surface area (Å²) < 4.78 is 1.97. The Bertz CT molecular complexity index is 765. The van der Waals surface area contributed by atoms with Gasteiger partial charge < -0.3 is 9.80 Å². The van der Waals surface area contributed by atoms with Gasteiger partial charge in [-0.3, -0.25) is 4.68 Å². The van der Waals surface area contributed by atoms with Gasteiger partial charge in [-0.05, 0) is 25.0 Å². The molecule has 1 aromatic carbocycles. The molecule has 2 aromatic rings. The van der Waals surface area contributed by atoms with E-state index in [2.05, 4.69) is 92.8 Å². The highest BCUT2D eigenvalue weighted by Crippen LogP contribution is 2.45. The quantitative estimate of drug-likeness (QED) is 0.786. The molecule has 0 fully saturated rings. The Morgan fingerprint density at radius 2 is 1.64 bits per heavy atom. The molecule has 2 heterocycles. The summed E-state index contributed by atoms with van der Waals surface area (Å²) in [6, 6.07) is 12.8. The maximum atomic E-state index is 4.41. The molecule has 1 atom stereocenters. The van der Waals surface area contributed by atoms with Crippen LogP contribution in [0.2, 0.25) is 0 Å². The molecule has 0 saturated heterocycles. The molecule has 4 heteroatoms. The first-order chi connectivity index (χ1) is 11.7. The van der Waals surface area contributed by atoms with Crippen molar-refractivity contribution in [1.82, 2.24) is 9.78 Å². The number of allylic oxidation sites excluding steroid dienone is 2. The minimum Gasteiger partial charge on any atom is -0.321 e. The summed E-state index contributed by atoms with van der Waals surface area (Å²) in [6.45, 7) is 13.7. The summed E-state index contributed by atoms with van der Waals surface area (Å²) in [7, 11) is 2.02. The summed E-state index contributed by atoms with van der Waals surface area (Å²) in [5.74, 6) is 1.57. The first-order valence-corrected chi connectivity index (χ1v) is 9.05. The van der Waals surface area contributed by atoms with Crippen molar-refractivity contribution in [2.75, 3.05) is 9.80 Å². The highest BCUT2D eigenvalue weighted by molar-refractivity contribution is 5.66. The smallest absolute Gasteiger partial charge is 0.132 e. The Hall–Kier alpha value is -2.23. The Morgan fingerprint density at radius 1 is 1.00 bits per heavy atom. The number of benzene rings is 1. The average Bonchev–Trinajstić information content (AvgIpc) is 3.08. The third-order valence-electron chi connectivity index (χ3n) is 4.88. The average molecular weight is 338 g/mol. The Balaban J connectivity index is 2.23. The lowest BCUT2D eigenvalue weighted by Crippen LogP contribution is -2.50. The summed E-state index contributed by atoms with van der Waals surface area (Å²) >= 11 is 0. The summed E-state index contributed by atoms with van der Waals surface area (Å²) in [5, 5.41) is 4.41. The van der Waals surface area contributed by atoms with Crippen LogP contribution in [-0.2, 0) is 7.05 Å². The minimum absolute atomic E-state index is 0.0536. The molecule has 0 saturated carbocycles. The molecule has 0 amide bonds. The third-order valence-corrected chi connectivity index (χ3v) is 4.88. The molecular weight excluding hydrogens is 308 g/mol. The van der Waals surface area contributed by atoms with Gasteiger partial charge in [-0.1, -0.05) is 52.8 Å². The predicted molar refractivity (Wildman–Crippen MR) is 105 cm³/mol. The topological polar surface area (TPSA) is 24.3 Å². The molecule has 1 aromatic heterocycles. The molecule has 25 heavy (non-hydrogen) atoms. The van der Waals surface area contributed by atoms with E-state index in [0.717, 1.165) is 5.82 Å². The fraction of sp³-hybridized carbons (Fsp3) is 0.476. The predicted octanol–water partition coefficient (Wildman–Crippen LogP) is 5.01. The molecular formula is C21H30N4. The van der Waals surface area contributed by atoms with Crippen molar-refractivity contribution in [3.05, 3.63) is 54.0 Å². The first kappa shape index (κ1) is 17.6. The second kappa shape index (κ2) is 6.25. The van der Waals surface area contributed by atoms with Gasteiger partial charge in [0, 0.05) is 35.6 Å². The zero-order chi connectivity index (χ0) is 18.4. The van der Waals surface area contributed by atoms with E-state index < -0.39 is 0 Å². The molecule has 0 N–H and O–H groups in total. The van der Waals surface area contributed by atoms with E-state index in [1.807, 2.05) is 17.9 Å². The van der Waals surface area contributed by atoms with Gasteiger partial charge in [0.2, 0.25) is 0 Å². The van der Waals surface area contributed by atoms with Crippen LogP contribution in [-0.4, -0.2) is 15.9 Å². The monoisotopic (exact) mass is 338 g/mol. The van der Waals surface area contributed by atoms with E-state index in [-0.39, 0.29) is 11.6 Å². The second-order valence-corrected chi connectivity index (χ2v) is 8.25. The number of rotatable bonds is 3. The Labute approximate surface area is 151 Å². The van der Waals surface area contributed by atoms with Gasteiger partial charge in [-0.25, -0.2) is 0 Å². The molecule has 4 nitrogen and oxygen atoms in total. The third kappa shape index (κ3) is 2.94.